The van der Waals surface area contributed by atoms with Crippen LogP contribution < -0.4 is 15.6 Å². The lowest BCUT2D eigenvalue weighted by atomic mass is 9.93. The van der Waals surface area contributed by atoms with Crippen molar-refractivity contribution >= 4 is 22.5 Å². The number of fused-ring (bicyclic) bond motifs is 1. The maximum atomic E-state index is 13.7. The van der Waals surface area contributed by atoms with Gasteiger partial charge in [0.05, 0.1) is 18.1 Å². The normalized spacial score (nSPS) is 19.0. The summed E-state index contributed by atoms with van der Waals surface area (Å²) < 4.78 is 7.26. The number of nitrogens with one attached hydrogen (secondary N) is 1. The van der Waals surface area contributed by atoms with Crippen molar-refractivity contribution in [1.82, 2.24) is 14.5 Å². The van der Waals surface area contributed by atoms with Crippen molar-refractivity contribution in [2.24, 2.45) is 0 Å². The second kappa shape index (κ2) is 10.6. The van der Waals surface area contributed by atoms with Crippen LogP contribution >= 0.6 is 0 Å². The summed E-state index contributed by atoms with van der Waals surface area (Å²) in [4.78, 5) is 21.1. The molecule has 0 amide bonds. The van der Waals surface area contributed by atoms with Gasteiger partial charge in [0.1, 0.15) is 5.75 Å². The minimum Gasteiger partial charge on any atom is -0.497 e. The Morgan fingerprint density at radius 2 is 1.53 bits per heavy atom. The molecule has 1 aliphatic heterocycles. The SMILES string of the molecule is COc1ccc(Nc2nc3ccccc3n(C3CCN(C4CCCCCCC4)CC3)c2=O)cc1. The van der Waals surface area contributed by atoms with Crippen molar-refractivity contribution in [3.8, 4) is 5.75 Å². The van der Waals surface area contributed by atoms with Crippen LogP contribution in [-0.2, 0) is 0 Å². The Bertz CT molecular complexity index is 1140. The maximum Gasteiger partial charge on any atom is 0.294 e. The van der Waals surface area contributed by atoms with Crippen LogP contribution in [0.2, 0.25) is 0 Å². The molecule has 1 N–H and O–H groups in total. The highest BCUT2D eigenvalue weighted by Crippen LogP contribution is 2.30. The molecule has 2 heterocycles. The van der Waals surface area contributed by atoms with Crippen molar-refractivity contribution in [3.05, 3.63) is 58.9 Å². The fourth-order valence-corrected chi connectivity index (χ4v) is 5.72. The van der Waals surface area contributed by atoms with E-state index in [-0.39, 0.29) is 11.6 Å². The molecular formula is C28H36N4O2. The molecular weight excluding hydrogens is 424 g/mol. The molecule has 0 spiro atoms. The van der Waals surface area contributed by atoms with Gasteiger partial charge < -0.3 is 19.5 Å². The first-order valence-electron chi connectivity index (χ1n) is 12.9. The number of benzene rings is 2. The zero-order chi connectivity index (χ0) is 23.3. The van der Waals surface area contributed by atoms with E-state index in [1.807, 2.05) is 53.1 Å². The van der Waals surface area contributed by atoms with E-state index in [0.717, 1.165) is 54.4 Å². The molecule has 0 unspecified atom stereocenters. The summed E-state index contributed by atoms with van der Waals surface area (Å²) in [5.41, 5.74) is 2.56. The highest BCUT2D eigenvalue weighted by Gasteiger charge is 2.28. The molecule has 5 rings (SSSR count). The summed E-state index contributed by atoms with van der Waals surface area (Å²) in [5.74, 6) is 1.16. The molecule has 1 aliphatic carbocycles. The summed E-state index contributed by atoms with van der Waals surface area (Å²) in [6.07, 6.45) is 11.6. The van der Waals surface area contributed by atoms with E-state index in [4.69, 9.17) is 4.74 Å². The summed E-state index contributed by atoms with van der Waals surface area (Å²) >= 11 is 0. The van der Waals surface area contributed by atoms with Crippen LogP contribution in [0.4, 0.5) is 11.5 Å². The van der Waals surface area contributed by atoms with Gasteiger partial charge in [-0.25, -0.2) is 4.98 Å². The third-order valence-corrected chi connectivity index (χ3v) is 7.60. The Morgan fingerprint density at radius 1 is 0.853 bits per heavy atom. The minimum atomic E-state index is -0.0427. The van der Waals surface area contributed by atoms with Crippen molar-refractivity contribution in [2.45, 2.75) is 69.9 Å². The summed E-state index contributed by atoms with van der Waals surface area (Å²) in [6.45, 7) is 2.14. The number of nitrogens with zero attached hydrogens (tertiary/aromatic N) is 3. The number of piperidine rings is 1. The summed E-state index contributed by atoms with van der Waals surface area (Å²) in [6, 6.07) is 16.5. The van der Waals surface area contributed by atoms with Crippen LogP contribution in [0.5, 0.6) is 5.75 Å². The average Bonchev–Trinajstić information content (AvgIpc) is 2.85. The first kappa shape index (κ1) is 22.9. The quantitative estimate of drug-likeness (QED) is 0.514. The van der Waals surface area contributed by atoms with Crippen molar-refractivity contribution in [1.29, 1.82) is 0 Å². The number of ether oxygens (including phenoxy) is 1. The smallest absolute Gasteiger partial charge is 0.294 e. The molecule has 1 aromatic heterocycles. The zero-order valence-electron chi connectivity index (χ0n) is 20.2. The lowest BCUT2D eigenvalue weighted by Gasteiger charge is -2.39. The second-order valence-electron chi connectivity index (χ2n) is 9.74. The third-order valence-electron chi connectivity index (χ3n) is 7.60. The van der Waals surface area contributed by atoms with Gasteiger partial charge in [0, 0.05) is 30.9 Å². The Labute approximate surface area is 202 Å². The van der Waals surface area contributed by atoms with Gasteiger partial charge in [-0.15, -0.1) is 0 Å². The van der Waals surface area contributed by atoms with Crippen molar-refractivity contribution < 1.29 is 4.74 Å². The van der Waals surface area contributed by atoms with Crippen LogP contribution in [-0.4, -0.2) is 40.7 Å². The van der Waals surface area contributed by atoms with Crippen LogP contribution in [0.15, 0.2) is 53.3 Å². The van der Waals surface area contributed by atoms with Gasteiger partial charge in [0.2, 0.25) is 0 Å². The Hall–Kier alpha value is -2.86. The minimum absolute atomic E-state index is 0.0427. The van der Waals surface area contributed by atoms with Gasteiger partial charge >= 0.3 is 0 Å². The van der Waals surface area contributed by atoms with E-state index >= 15 is 0 Å². The maximum absolute atomic E-state index is 13.7. The number of hydrogen-bond acceptors (Lipinski definition) is 5. The number of para-hydroxylation sites is 2. The number of anilines is 2. The Balaban J connectivity index is 1.39. The largest absolute Gasteiger partial charge is 0.497 e. The van der Waals surface area contributed by atoms with Gasteiger partial charge in [-0.1, -0.05) is 44.2 Å². The Kier molecular flexibility index (Phi) is 7.14. The predicted octanol–water partition coefficient (Wildman–Crippen LogP) is 5.90. The van der Waals surface area contributed by atoms with E-state index in [1.54, 1.807) is 7.11 Å². The molecule has 6 nitrogen and oxygen atoms in total. The van der Waals surface area contributed by atoms with Crippen molar-refractivity contribution in [2.75, 3.05) is 25.5 Å². The molecule has 1 saturated heterocycles. The van der Waals surface area contributed by atoms with E-state index < -0.39 is 0 Å². The van der Waals surface area contributed by atoms with E-state index in [9.17, 15) is 4.79 Å². The molecule has 3 aromatic rings. The standard InChI is InChI=1S/C28H36N4O2/c1-34-24-15-13-21(14-16-24)29-27-28(33)32(26-12-8-7-11-25(26)30-27)23-17-19-31(20-18-23)22-9-5-3-2-4-6-10-22/h7-8,11-16,22-23H,2-6,9-10,17-20H2,1H3,(H,29,30). The molecule has 0 atom stereocenters. The van der Waals surface area contributed by atoms with Gasteiger partial charge in [-0.05, 0) is 62.1 Å². The lowest BCUT2D eigenvalue weighted by molar-refractivity contribution is 0.116. The fourth-order valence-electron chi connectivity index (χ4n) is 5.72. The number of hydrogen-bond donors (Lipinski definition) is 1. The highest BCUT2D eigenvalue weighted by atomic mass is 16.5. The topological polar surface area (TPSA) is 59.4 Å². The van der Waals surface area contributed by atoms with Crippen LogP contribution in [0.25, 0.3) is 11.0 Å². The predicted molar refractivity (Wildman–Crippen MR) is 138 cm³/mol. The van der Waals surface area contributed by atoms with Crippen molar-refractivity contribution in [3.63, 3.8) is 0 Å². The Morgan fingerprint density at radius 3 is 2.24 bits per heavy atom. The summed E-state index contributed by atoms with van der Waals surface area (Å²) in [5, 5.41) is 3.26. The van der Waals surface area contributed by atoms with Crippen LogP contribution in [0, 0.1) is 0 Å². The molecule has 2 aromatic carbocycles. The molecule has 6 heteroatoms. The van der Waals surface area contributed by atoms with E-state index in [1.165, 1.54) is 44.9 Å². The lowest BCUT2D eigenvalue weighted by Crippen LogP contribution is -2.43. The molecule has 0 radical (unpaired) electrons. The highest BCUT2D eigenvalue weighted by molar-refractivity contribution is 5.77. The summed E-state index contributed by atoms with van der Waals surface area (Å²) in [7, 11) is 1.65. The van der Waals surface area contributed by atoms with E-state index in [2.05, 4.69) is 15.2 Å². The molecule has 1 saturated carbocycles. The number of likely N-dealkylation sites (tertiary alicyclic amines) is 1. The average molecular weight is 461 g/mol. The number of methoxy groups -OCH3 is 1. The first-order chi connectivity index (χ1) is 16.7. The number of aromatic nitrogens is 2. The van der Waals surface area contributed by atoms with Crippen LogP contribution in [0.3, 0.4) is 0 Å². The monoisotopic (exact) mass is 460 g/mol. The molecule has 0 bridgehead atoms. The fraction of sp³-hybridized carbons (Fsp3) is 0.500. The van der Waals surface area contributed by atoms with Gasteiger partial charge in [-0.2, -0.15) is 0 Å². The van der Waals surface area contributed by atoms with Gasteiger partial charge in [0.15, 0.2) is 5.82 Å². The second-order valence-corrected chi connectivity index (χ2v) is 9.74. The van der Waals surface area contributed by atoms with Gasteiger partial charge in [-0.3, -0.25) is 4.79 Å². The zero-order valence-corrected chi connectivity index (χ0v) is 20.2. The molecule has 34 heavy (non-hydrogen) atoms. The third kappa shape index (κ3) is 4.97. The first-order valence-corrected chi connectivity index (χ1v) is 12.9. The molecule has 2 aliphatic rings. The number of rotatable bonds is 5. The van der Waals surface area contributed by atoms with Crippen LogP contribution in [0.1, 0.15) is 63.8 Å². The van der Waals surface area contributed by atoms with Gasteiger partial charge in [0.25, 0.3) is 5.56 Å². The molecule has 2 fully saturated rings. The van der Waals surface area contributed by atoms with E-state index in [0.29, 0.717) is 5.82 Å². The molecule has 180 valence electrons.